The van der Waals surface area contributed by atoms with Gasteiger partial charge in [-0.05, 0) is 36.8 Å². The van der Waals surface area contributed by atoms with Crippen molar-refractivity contribution in [1.29, 1.82) is 0 Å². The van der Waals surface area contributed by atoms with Crippen molar-refractivity contribution < 1.29 is 4.79 Å². The number of hydrogen-bond donors (Lipinski definition) is 2. The minimum Gasteiger partial charge on any atom is -0.327 e. The standard InChI is InChI=1S/C17H23Cl2N3O.ClH/c18-13-4-2-5-14(19)17(13)21-16(23)7-8-22-9-11-3-1-6-15(20)12(11)10-22;/h2,4-5,11-12,15H,1,3,6-10,20H2,(H,21,23);1H. The summed E-state index contributed by atoms with van der Waals surface area (Å²) in [5, 5.41) is 3.74. The Morgan fingerprint density at radius 1 is 1.25 bits per heavy atom. The first-order chi connectivity index (χ1) is 11.0. The summed E-state index contributed by atoms with van der Waals surface area (Å²) < 4.78 is 0. The summed E-state index contributed by atoms with van der Waals surface area (Å²) in [7, 11) is 0. The molecule has 2 aliphatic rings. The van der Waals surface area contributed by atoms with Gasteiger partial charge in [-0.3, -0.25) is 4.79 Å². The summed E-state index contributed by atoms with van der Waals surface area (Å²) in [6.07, 6.45) is 4.09. The molecule has 1 heterocycles. The third-order valence-electron chi connectivity index (χ3n) is 5.11. The molecule has 1 aromatic rings. The Balaban J connectivity index is 0.00000208. The summed E-state index contributed by atoms with van der Waals surface area (Å²) in [5.41, 5.74) is 6.74. The molecule has 2 fully saturated rings. The molecule has 1 amide bonds. The Labute approximate surface area is 159 Å². The van der Waals surface area contributed by atoms with Gasteiger partial charge in [0, 0.05) is 32.1 Å². The molecule has 134 valence electrons. The lowest BCUT2D eigenvalue weighted by Crippen LogP contribution is -2.38. The van der Waals surface area contributed by atoms with Gasteiger partial charge in [-0.15, -0.1) is 12.4 Å². The lowest BCUT2D eigenvalue weighted by Gasteiger charge is -2.29. The molecular weight excluding hydrogens is 369 g/mol. The van der Waals surface area contributed by atoms with Crippen LogP contribution in [-0.4, -0.2) is 36.5 Å². The minimum absolute atomic E-state index is 0. The van der Waals surface area contributed by atoms with Gasteiger partial charge in [0.1, 0.15) is 0 Å². The zero-order chi connectivity index (χ0) is 16.4. The number of nitrogens with zero attached hydrogens (tertiary/aromatic N) is 1. The molecule has 0 radical (unpaired) electrons. The molecule has 3 rings (SSSR count). The number of nitrogens with one attached hydrogen (secondary N) is 1. The minimum atomic E-state index is -0.0563. The van der Waals surface area contributed by atoms with Crippen molar-refractivity contribution in [2.75, 3.05) is 25.0 Å². The SMILES string of the molecule is Cl.NC1CCCC2CN(CCC(=O)Nc3c(Cl)cccc3Cl)CC12. The molecule has 24 heavy (non-hydrogen) atoms. The van der Waals surface area contributed by atoms with Gasteiger partial charge in [0.15, 0.2) is 0 Å². The van der Waals surface area contributed by atoms with E-state index in [2.05, 4.69) is 10.2 Å². The third-order valence-corrected chi connectivity index (χ3v) is 5.74. The molecule has 1 aromatic carbocycles. The molecule has 1 aliphatic heterocycles. The van der Waals surface area contributed by atoms with Crippen LogP contribution in [0.3, 0.4) is 0 Å². The van der Waals surface area contributed by atoms with E-state index < -0.39 is 0 Å². The van der Waals surface area contributed by atoms with Gasteiger partial charge in [0.2, 0.25) is 5.91 Å². The maximum absolute atomic E-state index is 12.2. The summed E-state index contributed by atoms with van der Waals surface area (Å²) in [6.45, 7) is 2.85. The second-order valence-corrected chi connectivity index (χ2v) is 7.49. The maximum atomic E-state index is 12.2. The summed E-state index contributed by atoms with van der Waals surface area (Å²) in [5.74, 6) is 1.25. The Hall–Kier alpha value is -0.520. The number of benzene rings is 1. The van der Waals surface area contributed by atoms with Crippen molar-refractivity contribution in [2.24, 2.45) is 17.6 Å². The fraction of sp³-hybridized carbons (Fsp3) is 0.588. The highest BCUT2D eigenvalue weighted by Crippen LogP contribution is 2.35. The van der Waals surface area contributed by atoms with Crippen molar-refractivity contribution in [2.45, 2.75) is 31.7 Å². The third kappa shape index (κ3) is 4.55. The maximum Gasteiger partial charge on any atom is 0.225 e. The highest BCUT2D eigenvalue weighted by Gasteiger charge is 2.38. The lowest BCUT2D eigenvalue weighted by atomic mass is 9.78. The van der Waals surface area contributed by atoms with Crippen LogP contribution in [0.5, 0.6) is 0 Å². The number of likely N-dealkylation sites (tertiary alicyclic amines) is 1. The Morgan fingerprint density at radius 3 is 2.62 bits per heavy atom. The fourth-order valence-electron chi connectivity index (χ4n) is 3.87. The van der Waals surface area contributed by atoms with Gasteiger partial charge in [-0.2, -0.15) is 0 Å². The predicted octanol–water partition coefficient (Wildman–Crippen LogP) is 3.80. The van der Waals surface area contributed by atoms with E-state index in [1.165, 1.54) is 12.8 Å². The quantitative estimate of drug-likeness (QED) is 0.819. The van der Waals surface area contributed by atoms with E-state index in [4.69, 9.17) is 28.9 Å². The number of hydrogen-bond acceptors (Lipinski definition) is 3. The normalized spacial score (nSPS) is 26.5. The van der Waals surface area contributed by atoms with Crippen LogP contribution in [0.15, 0.2) is 18.2 Å². The smallest absolute Gasteiger partial charge is 0.225 e. The molecule has 0 spiro atoms. The number of halogens is 3. The molecule has 1 saturated heterocycles. The average Bonchev–Trinajstić information content (AvgIpc) is 2.94. The number of fused-ring (bicyclic) bond motifs is 1. The molecule has 4 nitrogen and oxygen atoms in total. The summed E-state index contributed by atoms with van der Waals surface area (Å²) in [6, 6.07) is 5.52. The summed E-state index contributed by atoms with van der Waals surface area (Å²) in [4.78, 5) is 14.5. The van der Waals surface area contributed by atoms with Crippen LogP contribution in [0.2, 0.25) is 10.0 Å². The number of amides is 1. The number of nitrogens with two attached hydrogens (primary N) is 1. The molecule has 1 saturated carbocycles. The van der Waals surface area contributed by atoms with Crippen LogP contribution in [0, 0.1) is 11.8 Å². The number of anilines is 1. The topological polar surface area (TPSA) is 58.4 Å². The van der Waals surface area contributed by atoms with Gasteiger partial charge in [-0.1, -0.05) is 35.7 Å². The van der Waals surface area contributed by atoms with Crippen molar-refractivity contribution in [3.63, 3.8) is 0 Å². The van der Waals surface area contributed by atoms with Gasteiger partial charge >= 0.3 is 0 Å². The second kappa shape index (κ2) is 8.72. The molecular formula is C17H24Cl3N3O. The van der Waals surface area contributed by atoms with Gasteiger partial charge in [0.05, 0.1) is 15.7 Å². The molecule has 3 N–H and O–H groups in total. The molecule has 7 heteroatoms. The van der Waals surface area contributed by atoms with E-state index >= 15 is 0 Å². The van der Waals surface area contributed by atoms with E-state index in [0.717, 1.165) is 26.1 Å². The molecule has 0 bridgehead atoms. The largest absolute Gasteiger partial charge is 0.327 e. The first-order valence-corrected chi connectivity index (χ1v) is 9.02. The highest BCUT2D eigenvalue weighted by atomic mass is 35.5. The van der Waals surface area contributed by atoms with Gasteiger partial charge < -0.3 is 16.0 Å². The number of rotatable bonds is 4. The van der Waals surface area contributed by atoms with E-state index in [1.807, 2.05) is 0 Å². The van der Waals surface area contributed by atoms with Gasteiger partial charge in [0.25, 0.3) is 0 Å². The highest BCUT2D eigenvalue weighted by molar-refractivity contribution is 6.39. The molecule has 3 atom stereocenters. The first kappa shape index (κ1) is 19.8. The number of carbonyl (C=O) groups is 1. The fourth-order valence-corrected chi connectivity index (χ4v) is 4.36. The molecule has 1 aliphatic carbocycles. The van der Waals surface area contributed by atoms with Crippen LogP contribution < -0.4 is 11.1 Å². The van der Waals surface area contributed by atoms with Crippen molar-refractivity contribution in [1.82, 2.24) is 4.90 Å². The van der Waals surface area contributed by atoms with Crippen LogP contribution in [0.4, 0.5) is 5.69 Å². The van der Waals surface area contributed by atoms with E-state index in [9.17, 15) is 4.79 Å². The van der Waals surface area contributed by atoms with Crippen LogP contribution in [0.1, 0.15) is 25.7 Å². The second-order valence-electron chi connectivity index (χ2n) is 6.67. The van der Waals surface area contributed by atoms with Gasteiger partial charge in [-0.25, -0.2) is 0 Å². The Morgan fingerprint density at radius 2 is 1.96 bits per heavy atom. The van der Waals surface area contributed by atoms with Crippen molar-refractivity contribution in [3.8, 4) is 0 Å². The first-order valence-electron chi connectivity index (χ1n) is 8.26. The van der Waals surface area contributed by atoms with Crippen LogP contribution in [0.25, 0.3) is 0 Å². The van der Waals surface area contributed by atoms with E-state index in [0.29, 0.717) is 40.0 Å². The van der Waals surface area contributed by atoms with E-state index in [1.54, 1.807) is 18.2 Å². The monoisotopic (exact) mass is 391 g/mol. The predicted molar refractivity (Wildman–Crippen MR) is 102 cm³/mol. The van der Waals surface area contributed by atoms with Crippen LogP contribution in [-0.2, 0) is 4.79 Å². The lowest BCUT2D eigenvalue weighted by molar-refractivity contribution is -0.116. The van der Waals surface area contributed by atoms with Crippen molar-refractivity contribution >= 4 is 47.2 Å². The number of carbonyl (C=O) groups excluding carboxylic acids is 1. The zero-order valence-electron chi connectivity index (χ0n) is 13.5. The molecule has 0 aromatic heterocycles. The molecule has 3 unspecified atom stereocenters. The zero-order valence-corrected chi connectivity index (χ0v) is 15.8. The number of para-hydroxylation sites is 1. The van der Waals surface area contributed by atoms with Crippen molar-refractivity contribution in [3.05, 3.63) is 28.2 Å². The summed E-state index contributed by atoms with van der Waals surface area (Å²) >= 11 is 12.2. The van der Waals surface area contributed by atoms with Crippen LogP contribution >= 0.6 is 35.6 Å². The average molecular weight is 393 g/mol. The van der Waals surface area contributed by atoms with E-state index in [-0.39, 0.29) is 18.3 Å². The Bertz CT molecular complexity index is 564. The Kier molecular flexibility index (Phi) is 7.20.